The zero-order chi connectivity index (χ0) is 11.7. The largest absolute Gasteiger partial charge is 0.477 e. The van der Waals surface area contributed by atoms with E-state index >= 15 is 0 Å². The van der Waals surface area contributed by atoms with Gasteiger partial charge in [-0.25, -0.2) is 9.18 Å². The van der Waals surface area contributed by atoms with Gasteiger partial charge in [0.05, 0.1) is 5.69 Å². The molecule has 0 fully saturated rings. The molecule has 2 rings (SSSR count). The Hall–Kier alpha value is -1.88. The van der Waals surface area contributed by atoms with Crippen molar-refractivity contribution in [3.05, 3.63) is 40.3 Å². The third-order valence-corrected chi connectivity index (χ3v) is 3.17. The molecule has 0 aliphatic carbocycles. The van der Waals surface area contributed by atoms with Gasteiger partial charge < -0.3 is 10.8 Å². The number of carboxylic acids is 1. The van der Waals surface area contributed by atoms with Crippen LogP contribution in [0.3, 0.4) is 0 Å². The summed E-state index contributed by atoms with van der Waals surface area (Å²) < 4.78 is 13.5. The second-order valence-corrected chi connectivity index (χ2v) is 4.06. The fourth-order valence-electron chi connectivity index (χ4n) is 1.42. The summed E-state index contributed by atoms with van der Waals surface area (Å²) in [4.78, 5) is 10.8. The molecule has 0 amide bonds. The molecule has 0 aliphatic rings. The number of thiophene rings is 1. The number of anilines is 1. The van der Waals surface area contributed by atoms with Crippen molar-refractivity contribution in [2.45, 2.75) is 0 Å². The summed E-state index contributed by atoms with van der Waals surface area (Å²) in [5.74, 6) is -1.51. The molecule has 0 aliphatic heterocycles. The maximum absolute atomic E-state index is 13.5. The molecule has 5 heteroatoms. The molecule has 0 spiro atoms. The van der Waals surface area contributed by atoms with Crippen LogP contribution in [-0.2, 0) is 0 Å². The Balaban J connectivity index is 2.58. The van der Waals surface area contributed by atoms with Crippen LogP contribution in [-0.4, -0.2) is 11.1 Å². The monoisotopic (exact) mass is 237 g/mol. The van der Waals surface area contributed by atoms with Gasteiger partial charge in [0.2, 0.25) is 0 Å². The predicted octanol–water partition coefficient (Wildman–Crippen LogP) is 2.83. The molecule has 82 valence electrons. The van der Waals surface area contributed by atoms with E-state index in [4.69, 9.17) is 10.8 Å². The Morgan fingerprint density at radius 1 is 1.31 bits per heavy atom. The molecule has 16 heavy (non-hydrogen) atoms. The molecule has 2 aromatic rings. The highest BCUT2D eigenvalue weighted by Gasteiger charge is 2.17. The molecule has 1 heterocycles. The molecule has 0 saturated carbocycles. The molecule has 3 nitrogen and oxygen atoms in total. The lowest BCUT2D eigenvalue weighted by molar-refractivity contribution is 0.0703. The Morgan fingerprint density at radius 3 is 2.56 bits per heavy atom. The van der Waals surface area contributed by atoms with Crippen molar-refractivity contribution in [3.8, 4) is 11.1 Å². The summed E-state index contributed by atoms with van der Waals surface area (Å²) in [6.07, 6.45) is 0. The van der Waals surface area contributed by atoms with E-state index in [0.717, 1.165) is 11.3 Å². The first kappa shape index (κ1) is 10.6. The number of carboxylic acid groups (broad SMARTS) is 1. The van der Waals surface area contributed by atoms with Crippen LogP contribution in [0.1, 0.15) is 9.67 Å². The normalized spacial score (nSPS) is 10.3. The predicted molar refractivity (Wildman–Crippen MR) is 61.1 cm³/mol. The maximum Gasteiger partial charge on any atom is 0.348 e. The number of halogens is 1. The molecule has 0 saturated heterocycles. The minimum absolute atomic E-state index is 0.0400. The van der Waals surface area contributed by atoms with E-state index in [9.17, 15) is 9.18 Å². The summed E-state index contributed by atoms with van der Waals surface area (Å²) in [5, 5.41) is 10.4. The fourth-order valence-corrected chi connectivity index (χ4v) is 2.25. The lowest BCUT2D eigenvalue weighted by Gasteiger charge is -2.01. The van der Waals surface area contributed by atoms with Crippen molar-refractivity contribution < 1.29 is 14.3 Å². The van der Waals surface area contributed by atoms with Crippen LogP contribution in [0.25, 0.3) is 11.1 Å². The van der Waals surface area contributed by atoms with Gasteiger partial charge in [-0.05, 0) is 6.07 Å². The number of rotatable bonds is 2. The molecule has 3 N–H and O–H groups in total. The summed E-state index contributed by atoms with van der Waals surface area (Å²) >= 11 is 0.997. The number of nitrogen functional groups attached to an aromatic ring is 1. The molecular weight excluding hydrogens is 229 g/mol. The van der Waals surface area contributed by atoms with E-state index in [-0.39, 0.29) is 10.6 Å². The van der Waals surface area contributed by atoms with Gasteiger partial charge >= 0.3 is 5.97 Å². The van der Waals surface area contributed by atoms with Gasteiger partial charge in [0.25, 0.3) is 0 Å². The van der Waals surface area contributed by atoms with E-state index in [1.165, 1.54) is 6.07 Å². The summed E-state index contributed by atoms with van der Waals surface area (Å²) in [6, 6.07) is 6.13. The minimum Gasteiger partial charge on any atom is -0.477 e. The molecule has 0 bridgehead atoms. The van der Waals surface area contributed by atoms with Crippen molar-refractivity contribution >= 4 is 23.0 Å². The van der Waals surface area contributed by atoms with Crippen molar-refractivity contribution in [1.82, 2.24) is 0 Å². The van der Waals surface area contributed by atoms with E-state index in [0.29, 0.717) is 11.1 Å². The molecule has 0 atom stereocenters. The number of hydrogen-bond acceptors (Lipinski definition) is 3. The van der Waals surface area contributed by atoms with Gasteiger partial charge in [0.15, 0.2) is 0 Å². The number of nitrogens with two attached hydrogens (primary N) is 1. The highest BCUT2D eigenvalue weighted by atomic mass is 32.1. The van der Waals surface area contributed by atoms with Crippen molar-refractivity contribution in [2.24, 2.45) is 0 Å². The van der Waals surface area contributed by atoms with Gasteiger partial charge in [-0.1, -0.05) is 18.2 Å². The average molecular weight is 237 g/mol. The van der Waals surface area contributed by atoms with Crippen LogP contribution in [0.5, 0.6) is 0 Å². The Labute approximate surface area is 95.0 Å². The van der Waals surface area contributed by atoms with Crippen molar-refractivity contribution in [3.63, 3.8) is 0 Å². The van der Waals surface area contributed by atoms with Crippen LogP contribution in [0.4, 0.5) is 10.1 Å². The number of carbonyl (C=O) groups is 1. The molecule has 1 aromatic heterocycles. The second kappa shape index (κ2) is 3.94. The van der Waals surface area contributed by atoms with E-state index < -0.39 is 11.8 Å². The van der Waals surface area contributed by atoms with Gasteiger partial charge in [0.1, 0.15) is 10.7 Å². The average Bonchev–Trinajstić information content (AvgIpc) is 2.61. The zero-order valence-corrected chi connectivity index (χ0v) is 8.92. The van der Waals surface area contributed by atoms with Crippen LogP contribution < -0.4 is 5.73 Å². The second-order valence-electron chi connectivity index (χ2n) is 3.18. The van der Waals surface area contributed by atoms with Gasteiger partial charge in [-0.15, -0.1) is 11.3 Å². The van der Waals surface area contributed by atoms with E-state index in [1.54, 1.807) is 23.6 Å². The molecule has 1 aromatic carbocycles. The minimum atomic E-state index is -1.09. The third-order valence-electron chi connectivity index (χ3n) is 2.19. The molecule has 0 radical (unpaired) electrons. The van der Waals surface area contributed by atoms with E-state index in [1.807, 2.05) is 0 Å². The first-order valence-electron chi connectivity index (χ1n) is 4.46. The van der Waals surface area contributed by atoms with Gasteiger partial charge in [-0.2, -0.15) is 0 Å². The Kier molecular flexibility index (Phi) is 2.62. The summed E-state index contributed by atoms with van der Waals surface area (Å²) in [6.45, 7) is 0. The smallest absolute Gasteiger partial charge is 0.348 e. The standard InChI is InChI=1S/C11H8FNO2S/c12-8-4-2-1-3-6(8)7-5-16-10(9(7)13)11(14)15/h1-5H,13H2,(H,14,15). The topological polar surface area (TPSA) is 63.3 Å². The summed E-state index contributed by atoms with van der Waals surface area (Å²) in [5.41, 5.74) is 6.54. The quantitative estimate of drug-likeness (QED) is 0.844. The number of benzene rings is 1. The molecular formula is C11H8FNO2S. The van der Waals surface area contributed by atoms with Gasteiger partial charge in [-0.3, -0.25) is 0 Å². The number of aromatic carboxylic acids is 1. The van der Waals surface area contributed by atoms with Gasteiger partial charge in [0, 0.05) is 16.5 Å². The lowest BCUT2D eigenvalue weighted by atomic mass is 10.1. The van der Waals surface area contributed by atoms with Crippen LogP contribution in [0, 0.1) is 5.82 Å². The lowest BCUT2D eigenvalue weighted by Crippen LogP contribution is -1.98. The highest BCUT2D eigenvalue weighted by Crippen LogP contribution is 2.35. The van der Waals surface area contributed by atoms with Crippen molar-refractivity contribution in [1.29, 1.82) is 0 Å². The van der Waals surface area contributed by atoms with Crippen molar-refractivity contribution in [2.75, 3.05) is 5.73 Å². The Morgan fingerprint density at radius 2 is 2.00 bits per heavy atom. The third kappa shape index (κ3) is 1.65. The number of hydrogen-bond donors (Lipinski definition) is 2. The Bertz CT molecular complexity index is 551. The first-order valence-corrected chi connectivity index (χ1v) is 5.34. The molecule has 0 unspecified atom stereocenters. The zero-order valence-electron chi connectivity index (χ0n) is 8.11. The summed E-state index contributed by atoms with van der Waals surface area (Å²) in [7, 11) is 0. The SMILES string of the molecule is Nc1c(-c2ccccc2F)csc1C(=O)O. The maximum atomic E-state index is 13.5. The highest BCUT2D eigenvalue weighted by molar-refractivity contribution is 7.13. The van der Waals surface area contributed by atoms with E-state index in [2.05, 4.69) is 0 Å². The fraction of sp³-hybridized carbons (Fsp3) is 0. The van der Waals surface area contributed by atoms with Crippen LogP contribution >= 0.6 is 11.3 Å². The van der Waals surface area contributed by atoms with Crippen LogP contribution in [0.2, 0.25) is 0 Å². The van der Waals surface area contributed by atoms with Crippen LogP contribution in [0.15, 0.2) is 29.6 Å². The first-order chi connectivity index (χ1) is 7.61.